The zero-order valence-electron chi connectivity index (χ0n) is 16.8. The van der Waals surface area contributed by atoms with Crippen molar-refractivity contribution in [2.24, 2.45) is 5.41 Å². The van der Waals surface area contributed by atoms with E-state index in [-0.39, 0.29) is 16.5 Å². The Morgan fingerprint density at radius 2 is 2.03 bits per heavy atom. The summed E-state index contributed by atoms with van der Waals surface area (Å²) in [5.74, 6) is 0. The fourth-order valence-electron chi connectivity index (χ4n) is 4.41. The highest BCUT2D eigenvalue weighted by Gasteiger charge is 2.44. The Bertz CT molecular complexity index is 900. The molecule has 4 rings (SSSR count). The standard InChI is InChI=1S/C21H28N4O3S/c1-24(15-18-5-4-9-22-14-18)16-19-13-21(17-28-19)7-11-25(12-8-21)29(26,27)20-6-2-3-10-23-20/h2-6,9-10,14,19H,7-8,11-13,15-17H2,1H3/t19-/m0/s1. The Labute approximate surface area is 172 Å². The van der Waals surface area contributed by atoms with Gasteiger partial charge in [0.1, 0.15) is 0 Å². The molecule has 7 nitrogen and oxygen atoms in total. The van der Waals surface area contributed by atoms with E-state index in [1.165, 1.54) is 11.8 Å². The molecule has 0 saturated carbocycles. The summed E-state index contributed by atoms with van der Waals surface area (Å²) in [5.41, 5.74) is 1.28. The summed E-state index contributed by atoms with van der Waals surface area (Å²) in [4.78, 5) is 10.5. The van der Waals surface area contributed by atoms with Crippen molar-refractivity contribution in [1.29, 1.82) is 0 Å². The van der Waals surface area contributed by atoms with Gasteiger partial charge >= 0.3 is 0 Å². The van der Waals surface area contributed by atoms with Crippen LogP contribution >= 0.6 is 0 Å². The topological polar surface area (TPSA) is 75.6 Å². The number of pyridine rings is 2. The van der Waals surface area contributed by atoms with E-state index >= 15 is 0 Å². The summed E-state index contributed by atoms with van der Waals surface area (Å²) >= 11 is 0. The average Bonchev–Trinajstić information content (AvgIpc) is 3.11. The van der Waals surface area contributed by atoms with Crippen LogP contribution in [-0.2, 0) is 21.3 Å². The first-order valence-corrected chi connectivity index (χ1v) is 11.5. The van der Waals surface area contributed by atoms with Crippen molar-refractivity contribution in [3.05, 3.63) is 54.5 Å². The summed E-state index contributed by atoms with van der Waals surface area (Å²) in [6.07, 6.45) is 8.05. The van der Waals surface area contributed by atoms with Gasteiger partial charge < -0.3 is 4.74 Å². The number of hydrogen-bond donors (Lipinski definition) is 0. The Morgan fingerprint density at radius 3 is 2.72 bits per heavy atom. The van der Waals surface area contributed by atoms with Crippen LogP contribution in [-0.4, -0.2) is 67.0 Å². The molecule has 0 N–H and O–H groups in total. The molecule has 0 aliphatic carbocycles. The Hall–Kier alpha value is -1.87. The van der Waals surface area contributed by atoms with E-state index in [0.717, 1.165) is 39.0 Å². The molecule has 2 aliphatic heterocycles. The van der Waals surface area contributed by atoms with Gasteiger partial charge in [-0.2, -0.15) is 4.31 Å². The summed E-state index contributed by atoms with van der Waals surface area (Å²) in [6.45, 7) is 3.49. The highest BCUT2D eigenvalue weighted by Crippen LogP contribution is 2.43. The van der Waals surface area contributed by atoms with E-state index in [0.29, 0.717) is 13.1 Å². The van der Waals surface area contributed by atoms with Crippen LogP contribution in [0.1, 0.15) is 24.8 Å². The number of ether oxygens (including phenoxy) is 1. The van der Waals surface area contributed by atoms with Gasteiger partial charge in [-0.05, 0) is 55.5 Å². The van der Waals surface area contributed by atoms with Crippen molar-refractivity contribution >= 4 is 10.0 Å². The number of nitrogens with zero attached hydrogens (tertiary/aromatic N) is 4. The third-order valence-corrected chi connectivity index (χ3v) is 7.82. The number of aromatic nitrogens is 2. The van der Waals surface area contributed by atoms with Gasteiger partial charge in [0.15, 0.2) is 5.03 Å². The zero-order chi connectivity index (χ0) is 20.3. The van der Waals surface area contributed by atoms with Gasteiger partial charge in [0.2, 0.25) is 0 Å². The Morgan fingerprint density at radius 1 is 1.21 bits per heavy atom. The number of rotatable bonds is 6. The normalized spacial score (nSPS) is 22.3. The second kappa shape index (κ2) is 8.47. The lowest BCUT2D eigenvalue weighted by Crippen LogP contribution is -2.43. The molecule has 2 saturated heterocycles. The molecular formula is C21H28N4O3S. The highest BCUT2D eigenvalue weighted by molar-refractivity contribution is 7.89. The molecule has 0 aromatic carbocycles. The van der Waals surface area contributed by atoms with Crippen LogP contribution in [0.2, 0.25) is 0 Å². The minimum absolute atomic E-state index is 0.0932. The van der Waals surface area contributed by atoms with Crippen LogP contribution in [0.3, 0.4) is 0 Å². The van der Waals surface area contributed by atoms with Crippen molar-refractivity contribution in [3.8, 4) is 0 Å². The summed E-state index contributed by atoms with van der Waals surface area (Å²) < 4.78 is 33.3. The fraction of sp³-hybridized carbons (Fsp3) is 0.524. The number of likely N-dealkylation sites (N-methyl/N-ethyl adjacent to an activating group) is 1. The van der Waals surface area contributed by atoms with Crippen LogP contribution in [0, 0.1) is 5.41 Å². The predicted octanol–water partition coefficient (Wildman–Crippen LogP) is 2.17. The molecule has 29 heavy (non-hydrogen) atoms. The molecule has 0 bridgehead atoms. The van der Waals surface area contributed by atoms with Gasteiger partial charge in [0.05, 0.1) is 12.7 Å². The highest BCUT2D eigenvalue weighted by atomic mass is 32.2. The van der Waals surface area contributed by atoms with Crippen LogP contribution in [0.15, 0.2) is 53.9 Å². The molecule has 1 spiro atoms. The van der Waals surface area contributed by atoms with Gasteiger partial charge in [-0.15, -0.1) is 0 Å². The predicted molar refractivity (Wildman–Crippen MR) is 110 cm³/mol. The molecule has 0 amide bonds. The summed E-state index contributed by atoms with van der Waals surface area (Å²) in [7, 11) is -1.41. The van der Waals surface area contributed by atoms with Crippen LogP contribution < -0.4 is 0 Å². The summed E-state index contributed by atoms with van der Waals surface area (Å²) in [5, 5.41) is 0.133. The lowest BCUT2D eigenvalue weighted by Gasteiger charge is -2.37. The maximum absolute atomic E-state index is 12.8. The molecule has 2 aromatic heterocycles. The molecule has 4 heterocycles. The first-order valence-electron chi connectivity index (χ1n) is 10.1. The van der Waals surface area contributed by atoms with E-state index in [1.54, 1.807) is 28.7 Å². The van der Waals surface area contributed by atoms with Crippen molar-refractivity contribution < 1.29 is 13.2 Å². The van der Waals surface area contributed by atoms with Crippen LogP contribution in [0.4, 0.5) is 0 Å². The summed E-state index contributed by atoms with van der Waals surface area (Å²) in [6, 6.07) is 9.04. The lowest BCUT2D eigenvalue weighted by atomic mass is 9.77. The van der Waals surface area contributed by atoms with Gasteiger partial charge in [-0.1, -0.05) is 12.1 Å². The third kappa shape index (κ3) is 4.66. The van der Waals surface area contributed by atoms with E-state index in [9.17, 15) is 8.42 Å². The number of hydrogen-bond acceptors (Lipinski definition) is 6. The van der Waals surface area contributed by atoms with Crippen LogP contribution in [0.5, 0.6) is 0 Å². The Kier molecular flexibility index (Phi) is 5.96. The molecule has 2 aromatic rings. The zero-order valence-corrected chi connectivity index (χ0v) is 17.6. The van der Waals surface area contributed by atoms with Gasteiger partial charge in [0, 0.05) is 44.8 Å². The molecule has 2 aliphatic rings. The number of sulfonamides is 1. The monoisotopic (exact) mass is 416 g/mol. The van der Waals surface area contributed by atoms with Crippen LogP contribution in [0.25, 0.3) is 0 Å². The first-order chi connectivity index (χ1) is 14.0. The van der Waals surface area contributed by atoms with Crippen molar-refractivity contribution in [2.75, 3.05) is 33.3 Å². The van der Waals surface area contributed by atoms with Crippen molar-refractivity contribution in [2.45, 2.75) is 36.9 Å². The first kappa shape index (κ1) is 20.4. The molecule has 0 radical (unpaired) electrons. The molecule has 156 valence electrons. The Balaban J connectivity index is 1.30. The van der Waals surface area contributed by atoms with E-state index in [4.69, 9.17) is 4.74 Å². The van der Waals surface area contributed by atoms with Crippen molar-refractivity contribution in [1.82, 2.24) is 19.2 Å². The maximum atomic E-state index is 12.8. The maximum Gasteiger partial charge on any atom is 0.260 e. The second-order valence-electron chi connectivity index (χ2n) is 8.27. The van der Waals surface area contributed by atoms with E-state index in [1.807, 2.05) is 12.3 Å². The largest absolute Gasteiger partial charge is 0.376 e. The second-order valence-corrected chi connectivity index (χ2v) is 10.2. The average molecular weight is 417 g/mol. The fourth-order valence-corrected chi connectivity index (χ4v) is 5.78. The lowest BCUT2D eigenvalue weighted by molar-refractivity contribution is 0.0618. The third-order valence-electron chi connectivity index (χ3n) is 6.00. The molecule has 0 unspecified atom stereocenters. The van der Waals surface area contributed by atoms with Gasteiger partial charge in [-0.25, -0.2) is 13.4 Å². The SMILES string of the molecule is CN(Cc1cccnc1)C[C@@H]1CC2(CCN(S(=O)(=O)c3ccccn3)CC2)CO1. The van der Waals surface area contributed by atoms with E-state index < -0.39 is 10.0 Å². The molecule has 1 atom stereocenters. The van der Waals surface area contributed by atoms with Gasteiger partial charge in [-0.3, -0.25) is 9.88 Å². The number of piperidine rings is 1. The quantitative estimate of drug-likeness (QED) is 0.718. The minimum Gasteiger partial charge on any atom is -0.376 e. The molecular weight excluding hydrogens is 388 g/mol. The van der Waals surface area contributed by atoms with E-state index in [2.05, 4.69) is 28.0 Å². The molecule has 8 heteroatoms. The smallest absolute Gasteiger partial charge is 0.260 e. The van der Waals surface area contributed by atoms with Gasteiger partial charge in [0.25, 0.3) is 10.0 Å². The minimum atomic E-state index is -3.51. The van der Waals surface area contributed by atoms with Crippen molar-refractivity contribution in [3.63, 3.8) is 0 Å². The molecule has 2 fully saturated rings.